The second-order valence-corrected chi connectivity index (χ2v) is 4.79. The molecule has 1 aliphatic rings. The predicted octanol–water partition coefficient (Wildman–Crippen LogP) is 2.24. The van der Waals surface area contributed by atoms with Crippen molar-refractivity contribution in [1.82, 2.24) is 0 Å². The predicted molar refractivity (Wildman–Crippen MR) is 76.0 cm³/mol. The Morgan fingerprint density at radius 3 is 2.95 bits per heavy atom. The number of carbonyl (C=O) groups is 2. The zero-order valence-electron chi connectivity index (χ0n) is 11.7. The largest absolute Gasteiger partial charge is 0.467 e. The molecule has 0 amide bonds. The molecule has 0 fully saturated rings. The lowest BCUT2D eigenvalue weighted by molar-refractivity contribution is -0.114. The van der Waals surface area contributed by atoms with Crippen molar-refractivity contribution in [2.45, 2.75) is 31.8 Å². The number of ketones is 1. The van der Waals surface area contributed by atoms with Gasteiger partial charge in [-0.2, -0.15) is 0 Å². The minimum Gasteiger partial charge on any atom is -0.467 e. The highest BCUT2D eigenvalue weighted by molar-refractivity contribution is 5.92. The number of hydrogen-bond acceptors (Lipinski definition) is 5. The molecule has 0 bridgehead atoms. The van der Waals surface area contributed by atoms with Crippen LogP contribution in [-0.4, -0.2) is 29.8 Å². The molecule has 0 saturated carbocycles. The van der Waals surface area contributed by atoms with E-state index in [0.717, 1.165) is 0 Å². The summed E-state index contributed by atoms with van der Waals surface area (Å²) in [6.07, 6.45) is 5.41. The first-order valence-electron chi connectivity index (χ1n) is 6.93. The lowest BCUT2D eigenvalue weighted by atomic mass is 10.0. The van der Waals surface area contributed by atoms with Gasteiger partial charge in [-0.1, -0.05) is 18.2 Å². The van der Waals surface area contributed by atoms with Crippen molar-refractivity contribution in [2.75, 3.05) is 6.79 Å². The smallest absolute Gasteiger partial charge is 0.342 e. The molecule has 0 heterocycles. The quantitative estimate of drug-likeness (QED) is 0.680. The molecule has 1 aromatic carbocycles. The first-order valence-corrected chi connectivity index (χ1v) is 6.93. The number of carbonyl (C=O) groups excluding carboxylic acids is 2. The van der Waals surface area contributed by atoms with Crippen LogP contribution in [-0.2, 0) is 9.53 Å². The number of para-hydroxylation sites is 1. The monoisotopic (exact) mass is 290 g/mol. The van der Waals surface area contributed by atoms with Crippen LogP contribution in [0.3, 0.4) is 0 Å². The fraction of sp³-hybridized carbons (Fsp3) is 0.375. The van der Waals surface area contributed by atoms with Gasteiger partial charge in [-0.3, -0.25) is 4.79 Å². The van der Waals surface area contributed by atoms with E-state index in [1.54, 1.807) is 36.4 Å². The summed E-state index contributed by atoms with van der Waals surface area (Å²) in [6, 6.07) is 6.61. The van der Waals surface area contributed by atoms with Gasteiger partial charge < -0.3 is 14.6 Å². The summed E-state index contributed by atoms with van der Waals surface area (Å²) < 4.78 is 10.5. The van der Waals surface area contributed by atoms with Crippen molar-refractivity contribution in [3.05, 3.63) is 42.0 Å². The van der Waals surface area contributed by atoms with E-state index in [0.29, 0.717) is 31.4 Å². The molecular formula is C16H18O5. The maximum Gasteiger partial charge on any atom is 0.342 e. The van der Waals surface area contributed by atoms with Crippen molar-refractivity contribution in [3.63, 3.8) is 0 Å². The number of rotatable bonds is 4. The van der Waals surface area contributed by atoms with E-state index in [9.17, 15) is 9.59 Å². The first kappa shape index (κ1) is 15.3. The van der Waals surface area contributed by atoms with E-state index in [-0.39, 0.29) is 17.5 Å². The summed E-state index contributed by atoms with van der Waals surface area (Å²) in [5.74, 6) is -0.0765. The molecule has 2 rings (SSSR count). The molecule has 1 N–H and O–H groups in total. The molecule has 1 aliphatic carbocycles. The van der Waals surface area contributed by atoms with Gasteiger partial charge in [-0.15, -0.1) is 0 Å². The number of aliphatic hydroxyl groups excluding tert-OH is 1. The highest BCUT2D eigenvalue weighted by atomic mass is 16.6. The summed E-state index contributed by atoms with van der Waals surface area (Å²) in [5, 5.41) is 8.83. The van der Waals surface area contributed by atoms with E-state index in [1.807, 2.05) is 0 Å². The van der Waals surface area contributed by atoms with E-state index in [1.165, 1.54) is 0 Å². The van der Waals surface area contributed by atoms with Gasteiger partial charge in [0.05, 0.1) is 0 Å². The Bertz CT molecular complexity index is 535. The first-order chi connectivity index (χ1) is 10.2. The molecule has 5 nitrogen and oxygen atoms in total. The van der Waals surface area contributed by atoms with Gasteiger partial charge in [0, 0.05) is 12.8 Å². The van der Waals surface area contributed by atoms with Gasteiger partial charge in [0.2, 0.25) is 0 Å². The highest BCUT2D eigenvalue weighted by Gasteiger charge is 2.19. The Balaban J connectivity index is 2.03. The number of benzene rings is 1. The Morgan fingerprint density at radius 2 is 2.14 bits per heavy atom. The van der Waals surface area contributed by atoms with Crippen LogP contribution in [0.25, 0.3) is 0 Å². The molecule has 1 aromatic rings. The lowest BCUT2D eigenvalue weighted by Crippen LogP contribution is -2.20. The Kier molecular flexibility index (Phi) is 5.51. The Morgan fingerprint density at radius 1 is 1.33 bits per heavy atom. The van der Waals surface area contributed by atoms with Gasteiger partial charge in [-0.25, -0.2) is 4.79 Å². The van der Waals surface area contributed by atoms with Crippen LogP contribution in [0.1, 0.15) is 36.0 Å². The zero-order valence-corrected chi connectivity index (χ0v) is 11.7. The molecule has 0 saturated heterocycles. The third-order valence-electron chi connectivity index (χ3n) is 3.25. The van der Waals surface area contributed by atoms with Crippen molar-refractivity contribution < 1.29 is 24.2 Å². The Hall–Kier alpha value is -2.14. The SMILES string of the molecule is O=C1/C=C\CC(OC(=O)c2ccccc2OCO)CCC1. The van der Waals surface area contributed by atoms with Gasteiger partial charge in [0.25, 0.3) is 0 Å². The van der Waals surface area contributed by atoms with Crippen LogP contribution in [0.5, 0.6) is 5.75 Å². The number of hydrogen-bond donors (Lipinski definition) is 1. The van der Waals surface area contributed by atoms with Gasteiger partial charge in [0.15, 0.2) is 12.6 Å². The molecule has 21 heavy (non-hydrogen) atoms. The number of esters is 1. The average molecular weight is 290 g/mol. The maximum absolute atomic E-state index is 12.2. The molecule has 1 atom stereocenters. The van der Waals surface area contributed by atoms with Crippen molar-refractivity contribution in [2.24, 2.45) is 0 Å². The second kappa shape index (κ2) is 7.59. The number of allylic oxidation sites excluding steroid dienone is 1. The molecule has 5 heteroatoms. The fourth-order valence-electron chi connectivity index (χ4n) is 2.21. The summed E-state index contributed by atoms with van der Waals surface area (Å²) in [6.45, 7) is -0.501. The van der Waals surface area contributed by atoms with E-state index >= 15 is 0 Å². The number of ether oxygens (including phenoxy) is 2. The van der Waals surface area contributed by atoms with Gasteiger partial charge in [0.1, 0.15) is 17.4 Å². The summed E-state index contributed by atoms with van der Waals surface area (Å²) >= 11 is 0. The summed E-state index contributed by atoms with van der Waals surface area (Å²) in [5.41, 5.74) is 0.286. The third-order valence-corrected chi connectivity index (χ3v) is 3.25. The molecule has 1 unspecified atom stereocenters. The van der Waals surface area contributed by atoms with E-state index in [4.69, 9.17) is 14.6 Å². The van der Waals surface area contributed by atoms with E-state index < -0.39 is 12.8 Å². The summed E-state index contributed by atoms with van der Waals surface area (Å²) in [7, 11) is 0. The highest BCUT2D eigenvalue weighted by Crippen LogP contribution is 2.21. The van der Waals surface area contributed by atoms with Crippen LogP contribution in [0.4, 0.5) is 0 Å². The fourth-order valence-corrected chi connectivity index (χ4v) is 2.21. The van der Waals surface area contributed by atoms with Crippen LogP contribution < -0.4 is 4.74 Å². The zero-order chi connectivity index (χ0) is 15.1. The lowest BCUT2D eigenvalue weighted by Gasteiger charge is -2.18. The molecular weight excluding hydrogens is 272 g/mol. The van der Waals surface area contributed by atoms with Crippen molar-refractivity contribution in [1.29, 1.82) is 0 Å². The minimum atomic E-state index is -0.501. The molecule has 0 spiro atoms. The van der Waals surface area contributed by atoms with E-state index in [2.05, 4.69) is 0 Å². The average Bonchev–Trinajstić information content (AvgIpc) is 2.45. The van der Waals surface area contributed by atoms with Crippen molar-refractivity contribution in [3.8, 4) is 5.75 Å². The topological polar surface area (TPSA) is 72.8 Å². The standard InChI is InChI=1S/C16H18O5/c17-11-20-15-10-2-1-9-14(15)16(19)21-13-7-3-5-12(18)6-4-8-13/h1-3,5,9-10,13,17H,4,6-8,11H2/b5-3-. The van der Waals surface area contributed by atoms with Gasteiger partial charge in [-0.05, 0) is 31.1 Å². The molecule has 0 aliphatic heterocycles. The van der Waals surface area contributed by atoms with Crippen molar-refractivity contribution >= 4 is 11.8 Å². The van der Waals surface area contributed by atoms with Crippen LogP contribution in [0.2, 0.25) is 0 Å². The molecule has 112 valence electrons. The van der Waals surface area contributed by atoms with Gasteiger partial charge >= 0.3 is 5.97 Å². The Labute approximate surface area is 123 Å². The van der Waals surface area contributed by atoms with Crippen LogP contribution in [0.15, 0.2) is 36.4 Å². The number of aliphatic hydroxyl groups is 1. The van der Waals surface area contributed by atoms with Crippen LogP contribution >= 0.6 is 0 Å². The maximum atomic E-state index is 12.2. The third kappa shape index (κ3) is 4.43. The van der Waals surface area contributed by atoms with Crippen LogP contribution in [0, 0.1) is 0 Å². The normalized spacial score (nSPS) is 20.2. The minimum absolute atomic E-state index is 0.112. The second-order valence-electron chi connectivity index (χ2n) is 4.79. The molecule has 0 aromatic heterocycles. The summed E-state index contributed by atoms with van der Waals surface area (Å²) in [4.78, 5) is 23.5. The molecule has 0 radical (unpaired) electrons.